The number of hydrogen-bond donors (Lipinski definition) is 3. The molecule has 0 bridgehead atoms. The Hall–Kier alpha value is -2.92. The van der Waals surface area contributed by atoms with Crippen molar-refractivity contribution in [1.29, 1.82) is 0 Å². The molecule has 0 heterocycles. The molecular weight excluding hydrogens is 302 g/mol. The molecule has 122 valence electrons. The summed E-state index contributed by atoms with van der Waals surface area (Å²) >= 11 is 0. The minimum Gasteiger partial charge on any atom is -0.392 e. The molecule has 0 saturated carbocycles. The second-order valence-corrected chi connectivity index (χ2v) is 5.69. The Bertz CT molecular complexity index is 849. The number of carbonyl (C=O) groups excluding carboxylic acids is 1. The van der Waals surface area contributed by atoms with Crippen molar-refractivity contribution in [3.63, 3.8) is 0 Å². The molecular formula is C19H19N3O2. The number of allylic oxidation sites excluding steroid dienone is 1. The van der Waals surface area contributed by atoms with Crippen molar-refractivity contribution in [1.82, 2.24) is 0 Å². The third-order valence-electron chi connectivity index (χ3n) is 4.12. The fourth-order valence-corrected chi connectivity index (χ4v) is 3.02. The first kappa shape index (κ1) is 16.0. The van der Waals surface area contributed by atoms with Crippen molar-refractivity contribution in [2.24, 2.45) is 16.5 Å². The summed E-state index contributed by atoms with van der Waals surface area (Å²) in [6.45, 7) is -0.0323. The zero-order valence-corrected chi connectivity index (χ0v) is 13.2. The van der Waals surface area contributed by atoms with Gasteiger partial charge in [0, 0.05) is 5.56 Å². The van der Waals surface area contributed by atoms with Crippen molar-refractivity contribution in [2.75, 3.05) is 0 Å². The lowest BCUT2D eigenvalue weighted by Gasteiger charge is -2.20. The number of aliphatic hydroxyl groups excluding tert-OH is 1. The SMILES string of the molecule is NC(N)=NC(=O)c1ccc2c(c1)C(c1ccccc1CO)=CCC2. The molecule has 5 N–H and O–H groups in total. The molecule has 0 aliphatic heterocycles. The van der Waals surface area contributed by atoms with Crippen LogP contribution in [0.25, 0.3) is 5.57 Å². The molecule has 0 atom stereocenters. The molecule has 0 aromatic heterocycles. The summed E-state index contributed by atoms with van der Waals surface area (Å²) in [6.07, 6.45) is 3.98. The van der Waals surface area contributed by atoms with E-state index >= 15 is 0 Å². The monoisotopic (exact) mass is 321 g/mol. The van der Waals surface area contributed by atoms with Gasteiger partial charge in [0.2, 0.25) is 0 Å². The summed E-state index contributed by atoms with van der Waals surface area (Å²) in [5.74, 6) is -0.711. The predicted octanol–water partition coefficient (Wildman–Crippen LogP) is 1.97. The highest BCUT2D eigenvalue weighted by Gasteiger charge is 2.18. The zero-order valence-electron chi connectivity index (χ0n) is 13.2. The standard InChI is InChI=1S/C19H19N3O2/c20-19(21)22-18(24)13-9-8-12-5-3-7-16(17(12)10-13)15-6-2-1-4-14(15)11-23/h1-2,4,6-10,23H,3,5,11H2,(H4,20,21,22,24). The average Bonchev–Trinajstić information content (AvgIpc) is 2.60. The fraction of sp³-hybridized carbons (Fsp3) is 0.158. The maximum atomic E-state index is 12.1. The number of carbonyl (C=O) groups is 1. The highest BCUT2D eigenvalue weighted by atomic mass is 16.3. The number of aliphatic imine (C=N–C) groups is 1. The highest BCUT2D eigenvalue weighted by Crippen LogP contribution is 2.34. The van der Waals surface area contributed by atoms with Gasteiger partial charge < -0.3 is 16.6 Å². The van der Waals surface area contributed by atoms with Crippen molar-refractivity contribution < 1.29 is 9.90 Å². The van der Waals surface area contributed by atoms with Gasteiger partial charge in [-0.05, 0) is 52.8 Å². The van der Waals surface area contributed by atoms with Crippen LogP contribution in [-0.2, 0) is 13.0 Å². The fourth-order valence-electron chi connectivity index (χ4n) is 3.02. The zero-order chi connectivity index (χ0) is 17.1. The minimum absolute atomic E-state index is 0.0323. The summed E-state index contributed by atoms with van der Waals surface area (Å²) in [5.41, 5.74) is 16.0. The maximum Gasteiger partial charge on any atom is 0.280 e. The van der Waals surface area contributed by atoms with Crippen molar-refractivity contribution in [3.05, 3.63) is 76.4 Å². The molecule has 2 aromatic rings. The molecule has 3 rings (SSSR count). The number of aliphatic hydroxyl groups is 1. The number of amides is 1. The van der Waals surface area contributed by atoms with Crippen molar-refractivity contribution >= 4 is 17.4 Å². The van der Waals surface area contributed by atoms with Gasteiger partial charge in [-0.1, -0.05) is 36.4 Å². The van der Waals surface area contributed by atoms with E-state index in [1.165, 1.54) is 5.56 Å². The van der Waals surface area contributed by atoms with Gasteiger partial charge in [0.05, 0.1) is 6.61 Å². The Labute approximate surface area is 140 Å². The van der Waals surface area contributed by atoms with Crippen LogP contribution < -0.4 is 11.5 Å². The maximum absolute atomic E-state index is 12.1. The van der Waals surface area contributed by atoms with Crippen LogP contribution in [0.5, 0.6) is 0 Å². The van der Waals surface area contributed by atoms with Crippen LogP contribution in [0.3, 0.4) is 0 Å². The van der Waals surface area contributed by atoms with Crippen molar-refractivity contribution in [2.45, 2.75) is 19.4 Å². The summed E-state index contributed by atoms with van der Waals surface area (Å²) in [4.78, 5) is 15.7. The van der Waals surface area contributed by atoms with E-state index in [0.29, 0.717) is 5.56 Å². The van der Waals surface area contributed by atoms with Gasteiger partial charge in [0.15, 0.2) is 5.96 Å². The molecule has 24 heavy (non-hydrogen) atoms. The van der Waals surface area contributed by atoms with E-state index in [4.69, 9.17) is 11.5 Å². The van der Waals surface area contributed by atoms with E-state index in [0.717, 1.165) is 35.1 Å². The number of nitrogens with two attached hydrogens (primary N) is 2. The molecule has 1 aliphatic rings. The Morgan fingerprint density at radius 3 is 2.67 bits per heavy atom. The molecule has 0 saturated heterocycles. The lowest BCUT2D eigenvalue weighted by Crippen LogP contribution is -2.24. The van der Waals surface area contributed by atoms with Crippen molar-refractivity contribution in [3.8, 4) is 0 Å². The number of aryl methyl sites for hydroxylation is 1. The highest BCUT2D eigenvalue weighted by molar-refractivity contribution is 6.02. The second-order valence-electron chi connectivity index (χ2n) is 5.69. The Balaban J connectivity index is 2.09. The largest absolute Gasteiger partial charge is 0.392 e. The molecule has 2 aromatic carbocycles. The number of hydrogen-bond acceptors (Lipinski definition) is 2. The van der Waals surface area contributed by atoms with E-state index in [-0.39, 0.29) is 12.6 Å². The predicted molar refractivity (Wildman–Crippen MR) is 94.3 cm³/mol. The van der Waals surface area contributed by atoms with Crippen LogP contribution in [0.15, 0.2) is 53.5 Å². The van der Waals surface area contributed by atoms with Gasteiger partial charge in [0.1, 0.15) is 0 Å². The van der Waals surface area contributed by atoms with E-state index in [9.17, 15) is 9.90 Å². The first-order chi connectivity index (χ1) is 11.6. The number of nitrogens with zero attached hydrogens (tertiary/aromatic N) is 1. The van der Waals surface area contributed by atoms with Crippen LogP contribution in [-0.4, -0.2) is 17.0 Å². The first-order valence-corrected chi connectivity index (χ1v) is 7.76. The van der Waals surface area contributed by atoms with Crippen LogP contribution >= 0.6 is 0 Å². The van der Waals surface area contributed by atoms with E-state index in [1.54, 1.807) is 6.07 Å². The quantitative estimate of drug-likeness (QED) is 0.594. The van der Waals surface area contributed by atoms with E-state index in [2.05, 4.69) is 11.1 Å². The average molecular weight is 321 g/mol. The molecule has 1 aliphatic carbocycles. The third-order valence-corrected chi connectivity index (χ3v) is 4.12. The molecule has 5 heteroatoms. The molecule has 0 fully saturated rings. The lowest BCUT2D eigenvalue weighted by molar-refractivity contribution is 0.100. The third kappa shape index (κ3) is 3.07. The Morgan fingerprint density at radius 2 is 1.92 bits per heavy atom. The van der Waals surface area contributed by atoms with Crippen LogP contribution in [0, 0.1) is 0 Å². The molecule has 0 radical (unpaired) electrons. The van der Waals surface area contributed by atoms with Crippen LogP contribution in [0.4, 0.5) is 0 Å². The minimum atomic E-state index is -0.460. The molecule has 0 unspecified atom stereocenters. The number of guanidine groups is 1. The van der Waals surface area contributed by atoms with Gasteiger partial charge in [-0.15, -0.1) is 0 Å². The van der Waals surface area contributed by atoms with E-state index in [1.807, 2.05) is 36.4 Å². The Morgan fingerprint density at radius 1 is 1.12 bits per heavy atom. The summed E-state index contributed by atoms with van der Waals surface area (Å²) in [6, 6.07) is 13.2. The summed E-state index contributed by atoms with van der Waals surface area (Å²) < 4.78 is 0. The number of fused-ring (bicyclic) bond motifs is 1. The second kappa shape index (κ2) is 6.68. The number of rotatable bonds is 3. The smallest absolute Gasteiger partial charge is 0.280 e. The Kier molecular flexibility index (Phi) is 4.44. The molecule has 5 nitrogen and oxygen atoms in total. The van der Waals surface area contributed by atoms with Gasteiger partial charge in [-0.3, -0.25) is 4.79 Å². The van der Waals surface area contributed by atoms with Gasteiger partial charge in [-0.2, -0.15) is 4.99 Å². The molecule has 1 amide bonds. The van der Waals surface area contributed by atoms with E-state index < -0.39 is 5.91 Å². The summed E-state index contributed by atoms with van der Waals surface area (Å²) in [5, 5.41) is 9.61. The van der Waals surface area contributed by atoms with Crippen LogP contribution in [0.2, 0.25) is 0 Å². The number of benzene rings is 2. The van der Waals surface area contributed by atoms with Gasteiger partial charge >= 0.3 is 0 Å². The van der Waals surface area contributed by atoms with Crippen LogP contribution in [0.1, 0.15) is 39.0 Å². The topological polar surface area (TPSA) is 102 Å². The first-order valence-electron chi connectivity index (χ1n) is 7.76. The molecule has 0 spiro atoms. The van der Waals surface area contributed by atoms with Gasteiger partial charge in [-0.25, -0.2) is 0 Å². The normalized spacial score (nSPS) is 13.0. The van der Waals surface area contributed by atoms with Gasteiger partial charge in [0.25, 0.3) is 5.91 Å². The lowest BCUT2D eigenvalue weighted by atomic mass is 9.84. The summed E-state index contributed by atoms with van der Waals surface area (Å²) in [7, 11) is 0.